The molecule has 1 fully saturated rings. The van der Waals surface area contributed by atoms with E-state index in [1.165, 1.54) is 10.6 Å². The number of nitrogens with one attached hydrogen (secondary N) is 1. The van der Waals surface area contributed by atoms with E-state index in [-0.39, 0.29) is 17.0 Å². The molecule has 2 aromatic heterocycles. The number of hydrogen-bond donors (Lipinski definition) is 2. The zero-order chi connectivity index (χ0) is 31.2. The maximum absolute atomic E-state index is 15.6. The van der Waals surface area contributed by atoms with Crippen LogP contribution in [0.1, 0.15) is 31.2 Å². The number of ketones is 1. The first-order valence-electron chi connectivity index (χ1n) is 15.6. The van der Waals surface area contributed by atoms with Crippen LogP contribution in [-0.2, 0) is 18.4 Å². The maximum atomic E-state index is 15.6. The number of likely N-dealkylation sites (N-methyl/N-ethyl adjacent to an activating group) is 1. The Morgan fingerprint density at radius 3 is 2.53 bits per heavy atom. The van der Waals surface area contributed by atoms with Crippen LogP contribution in [0.2, 0.25) is 0 Å². The fourth-order valence-electron chi connectivity index (χ4n) is 6.98. The van der Waals surface area contributed by atoms with Gasteiger partial charge >= 0.3 is 0 Å². The van der Waals surface area contributed by atoms with E-state index in [4.69, 9.17) is 0 Å². The Bertz CT molecular complexity index is 1770. The van der Waals surface area contributed by atoms with Crippen molar-refractivity contribution in [1.29, 1.82) is 0 Å². The van der Waals surface area contributed by atoms with E-state index in [9.17, 15) is 14.7 Å². The molecule has 45 heavy (non-hydrogen) atoms. The summed E-state index contributed by atoms with van der Waals surface area (Å²) in [6, 6.07) is 8.58. The van der Waals surface area contributed by atoms with E-state index < -0.39 is 12.4 Å². The minimum Gasteiger partial charge on any atom is -0.392 e. The number of piperazine rings is 1. The van der Waals surface area contributed by atoms with Crippen molar-refractivity contribution in [2.24, 2.45) is 7.05 Å². The molecular weight excluding hydrogens is 573 g/mol. The van der Waals surface area contributed by atoms with Crippen molar-refractivity contribution in [3.05, 3.63) is 87.6 Å². The number of carbonyl (C=O) groups excluding carboxylic acids is 1. The number of aliphatic hydroxyl groups is 1. The summed E-state index contributed by atoms with van der Waals surface area (Å²) in [6.07, 6.45) is 8.98. The zero-order valence-electron chi connectivity index (χ0n) is 25.7. The molecular formula is C34H38FN7O3. The highest BCUT2D eigenvalue weighted by atomic mass is 19.1. The van der Waals surface area contributed by atoms with Gasteiger partial charge in [-0.3, -0.25) is 9.59 Å². The first-order valence-corrected chi connectivity index (χ1v) is 15.6. The number of allylic oxidation sites excluding steroid dienone is 2. The topological polar surface area (TPSA) is 97.2 Å². The van der Waals surface area contributed by atoms with Crippen LogP contribution in [0.3, 0.4) is 0 Å². The number of carbonyl (C=O) groups is 1. The predicted molar refractivity (Wildman–Crippen MR) is 173 cm³/mol. The molecule has 7 rings (SSSR count). The highest BCUT2D eigenvalue weighted by Crippen LogP contribution is 2.42. The highest BCUT2D eigenvalue weighted by molar-refractivity contribution is 6.11. The van der Waals surface area contributed by atoms with Gasteiger partial charge in [0, 0.05) is 81.1 Å². The highest BCUT2D eigenvalue weighted by Gasteiger charge is 2.38. The van der Waals surface area contributed by atoms with Crippen molar-refractivity contribution in [3.8, 4) is 11.1 Å². The summed E-state index contributed by atoms with van der Waals surface area (Å²) in [6.45, 7) is 4.47. The predicted octanol–water partition coefficient (Wildman–Crippen LogP) is 3.95. The summed E-state index contributed by atoms with van der Waals surface area (Å²) in [7, 11) is 3.78. The number of anilines is 4. The Balaban J connectivity index is 1.19. The summed E-state index contributed by atoms with van der Waals surface area (Å²) in [5, 5.41) is 13.8. The lowest BCUT2D eigenvalue weighted by molar-refractivity contribution is -0.112. The smallest absolute Gasteiger partial charge is 0.274 e. The second-order valence-corrected chi connectivity index (χ2v) is 12.3. The second kappa shape index (κ2) is 11.8. The Kier molecular flexibility index (Phi) is 7.66. The Labute approximate surface area is 261 Å². The number of nitrogens with zero attached hydrogens (tertiary/aromatic N) is 6. The number of halogens is 1. The van der Waals surface area contributed by atoms with Gasteiger partial charge in [0.2, 0.25) is 5.78 Å². The van der Waals surface area contributed by atoms with E-state index in [1.807, 2.05) is 18.3 Å². The maximum Gasteiger partial charge on any atom is 0.274 e. The number of aromatic nitrogens is 2. The summed E-state index contributed by atoms with van der Waals surface area (Å²) >= 11 is 0. The second-order valence-electron chi connectivity index (χ2n) is 12.3. The molecule has 0 atom stereocenters. The lowest BCUT2D eigenvalue weighted by Gasteiger charge is -2.35. The van der Waals surface area contributed by atoms with E-state index in [2.05, 4.69) is 32.0 Å². The normalized spacial score (nSPS) is 18.7. The molecule has 3 aromatic rings. The van der Waals surface area contributed by atoms with Crippen LogP contribution in [0.25, 0.3) is 11.1 Å². The Hall–Kier alpha value is -4.48. The number of aliphatic hydroxyl groups excluding tert-OH is 1. The number of hydrogen-bond acceptors (Lipinski definition) is 9. The van der Waals surface area contributed by atoms with Crippen molar-refractivity contribution in [3.63, 3.8) is 0 Å². The molecule has 1 saturated heterocycles. The monoisotopic (exact) mass is 611 g/mol. The van der Waals surface area contributed by atoms with Gasteiger partial charge in [0.25, 0.3) is 5.56 Å². The number of benzene rings is 1. The van der Waals surface area contributed by atoms with Crippen LogP contribution in [0.15, 0.2) is 70.7 Å². The lowest BCUT2D eigenvalue weighted by Crippen LogP contribution is -2.44. The quantitative estimate of drug-likeness (QED) is 0.430. The van der Waals surface area contributed by atoms with Crippen molar-refractivity contribution < 1.29 is 14.3 Å². The molecule has 1 aromatic carbocycles. The molecule has 2 N–H and O–H groups in total. The standard InChI is InChI=1S/C34H38FN7O3/c1-38-11-13-40(14-12-38)23-7-10-31(36-18-23)37-28-17-22(19-39(2)34(28)45)24-8-9-27(35)32(26(24)21-43)41-15-16-42-29-6-4-3-5-25(29)33(44)30(42)20-41/h7-10,17-20,43H,3-6,11-16,21H2,1-2H3,(H,36,37). The third-order valence-electron chi connectivity index (χ3n) is 9.46. The first kappa shape index (κ1) is 29.2. The van der Waals surface area contributed by atoms with Crippen LogP contribution in [0.5, 0.6) is 0 Å². The van der Waals surface area contributed by atoms with Gasteiger partial charge in [0.05, 0.1) is 24.2 Å². The number of rotatable bonds is 6. The van der Waals surface area contributed by atoms with Crippen molar-refractivity contribution in [1.82, 2.24) is 19.4 Å². The number of fused-ring (bicyclic) bond motifs is 2. The molecule has 10 nitrogen and oxygen atoms in total. The molecule has 0 unspecified atom stereocenters. The van der Waals surface area contributed by atoms with Gasteiger partial charge < -0.3 is 34.6 Å². The largest absolute Gasteiger partial charge is 0.392 e. The molecule has 234 valence electrons. The fourth-order valence-corrected chi connectivity index (χ4v) is 6.98. The van der Waals surface area contributed by atoms with Crippen molar-refractivity contribution in [2.75, 3.05) is 61.4 Å². The van der Waals surface area contributed by atoms with Gasteiger partial charge in [-0.1, -0.05) is 6.07 Å². The van der Waals surface area contributed by atoms with E-state index in [0.29, 0.717) is 47.0 Å². The summed E-state index contributed by atoms with van der Waals surface area (Å²) < 4.78 is 17.0. The van der Waals surface area contributed by atoms with E-state index >= 15 is 4.39 Å². The molecule has 0 amide bonds. The average molecular weight is 612 g/mol. The minimum absolute atomic E-state index is 0.0236. The molecule has 0 saturated carbocycles. The third-order valence-corrected chi connectivity index (χ3v) is 9.46. The molecule has 4 aliphatic rings. The van der Waals surface area contributed by atoms with Crippen LogP contribution >= 0.6 is 0 Å². The van der Waals surface area contributed by atoms with Crippen LogP contribution in [0.4, 0.5) is 27.3 Å². The summed E-state index contributed by atoms with van der Waals surface area (Å²) in [5.74, 6) is 0.0749. The SMILES string of the molecule is CN1CCN(c2ccc(Nc3cc(-c4ccc(F)c(N5C=C6C(=O)C7=C(CCCC7)N6CC5)c4CO)cn(C)c3=O)nc2)CC1. The average Bonchev–Trinajstić information content (AvgIpc) is 3.34. The number of Topliss-reactive ketones (excluding diaryl/α,β-unsaturated/α-hetero) is 1. The molecule has 11 heteroatoms. The van der Waals surface area contributed by atoms with Crippen LogP contribution in [0, 0.1) is 5.82 Å². The van der Waals surface area contributed by atoms with Gasteiger partial charge in [0.1, 0.15) is 23.0 Å². The van der Waals surface area contributed by atoms with Crippen molar-refractivity contribution >= 4 is 28.7 Å². The summed E-state index contributed by atoms with van der Waals surface area (Å²) in [4.78, 5) is 39.4. The fraction of sp³-hybridized carbons (Fsp3) is 0.382. The van der Waals surface area contributed by atoms with Gasteiger partial charge in [-0.05, 0) is 62.6 Å². The van der Waals surface area contributed by atoms with Gasteiger partial charge in [-0.2, -0.15) is 0 Å². The molecule has 0 spiro atoms. The lowest BCUT2D eigenvalue weighted by atomic mass is 9.96. The van der Waals surface area contributed by atoms with Gasteiger partial charge in [-0.25, -0.2) is 9.37 Å². The summed E-state index contributed by atoms with van der Waals surface area (Å²) in [5.41, 5.74) is 5.55. The zero-order valence-corrected chi connectivity index (χ0v) is 25.7. The van der Waals surface area contributed by atoms with Gasteiger partial charge in [-0.15, -0.1) is 0 Å². The molecule has 5 heterocycles. The van der Waals surface area contributed by atoms with Crippen LogP contribution in [-0.4, -0.2) is 76.6 Å². The Morgan fingerprint density at radius 1 is 0.978 bits per heavy atom. The molecule has 1 aliphatic carbocycles. The van der Waals surface area contributed by atoms with E-state index in [0.717, 1.165) is 68.8 Å². The molecule has 0 radical (unpaired) electrons. The Morgan fingerprint density at radius 2 is 1.78 bits per heavy atom. The molecule has 3 aliphatic heterocycles. The number of pyridine rings is 2. The number of aryl methyl sites for hydroxylation is 1. The van der Waals surface area contributed by atoms with Crippen LogP contribution < -0.4 is 20.7 Å². The third kappa shape index (κ3) is 5.29. The van der Waals surface area contributed by atoms with Gasteiger partial charge in [0.15, 0.2) is 0 Å². The van der Waals surface area contributed by atoms with Crippen molar-refractivity contribution in [2.45, 2.75) is 32.3 Å². The van der Waals surface area contributed by atoms with E-state index in [1.54, 1.807) is 36.5 Å². The molecule has 0 bridgehead atoms. The first-order chi connectivity index (χ1) is 21.8. The minimum atomic E-state index is -0.482.